The summed E-state index contributed by atoms with van der Waals surface area (Å²) in [6.07, 6.45) is 1.18. The van der Waals surface area contributed by atoms with E-state index < -0.39 is 5.97 Å². The van der Waals surface area contributed by atoms with E-state index in [1.165, 1.54) is 0 Å². The first kappa shape index (κ1) is 11.0. The number of aliphatic hydroxyl groups excluding tert-OH is 1. The number of hydrogen-bond acceptors (Lipinski definition) is 3. The normalized spacial score (nSPS) is 18.2. The average molecular weight is 201 g/mol. The quantitative estimate of drug-likeness (QED) is 0.656. The number of amides is 1. The van der Waals surface area contributed by atoms with Crippen LogP contribution in [0.4, 0.5) is 0 Å². The Balaban J connectivity index is 2.35. The fraction of sp³-hybridized carbons (Fsp3) is 0.778. The number of hydrogen-bond donors (Lipinski definition) is 2. The van der Waals surface area contributed by atoms with E-state index in [1.54, 1.807) is 4.90 Å². The summed E-state index contributed by atoms with van der Waals surface area (Å²) in [5.74, 6) is -1.18. The van der Waals surface area contributed by atoms with Gasteiger partial charge in [-0.2, -0.15) is 0 Å². The van der Waals surface area contributed by atoms with E-state index in [-0.39, 0.29) is 24.9 Å². The molecule has 1 rings (SSSR count). The van der Waals surface area contributed by atoms with Gasteiger partial charge in [0.25, 0.3) is 0 Å². The Morgan fingerprint density at radius 3 is 2.29 bits per heavy atom. The second kappa shape index (κ2) is 4.95. The van der Waals surface area contributed by atoms with Crippen LogP contribution in [0.5, 0.6) is 0 Å². The van der Waals surface area contributed by atoms with E-state index in [4.69, 9.17) is 10.2 Å². The number of likely N-dealkylation sites (tertiary alicyclic amines) is 1. The summed E-state index contributed by atoms with van der Waals surface area (Å²) in [5.41, 5.74) is 0. The molecule has 1 heterocycles. The lowest BCUT2D eigenvalue weighted by atomic mass is 9.97. The van der Waals surface area contributed by atoms with Crippen molar-refractivity contribution in [1.82, 2.24) is 4.90 Å². The van der Waals surface area contributed by atoms with Crippen LogP contribution in [0.2, 0.25) is 0 Å². The number of carbonyl (C=O) groups is 2. The number of carboxylic acid groups (broad SMARTS) is 1. The first-order chi connectivity index (χ1) is 6.65. The van der Waals surface area contributed by atoms with E-state index in [9.17, 15) is 9.59 Å². The molecule has 0 spiro atoms. The molecule has 2 N–H and O–H groups in total. The Morgan fingerprint density at radius 2 is 1.86 bits per heavy atom. The van der Waals surface area contributed by atoms with E-state index >= 15 is 0 Å². The van der Waals surface area contributed by atoms with Crippen molar-refractivity contribution in [3.05, 3.63) is 0 Å². The smallest absolute Gasteiger partial charge is 0.306 e. The highest BCUT2D eigenvalue weighted by Gasteiger charge is 2.26. The van der Waals surface area contributed by atoms with Crippen LogP contribution in [0, 0.1) is 5.92 Å². The van der Waals surface area contributed by atoms with Gasteiger partial charge in [-0.3, -0.25) is 9.59 Å². The second-order valence-electron chi connectivity index (χ2n) is 3.47. The average Bonchev–Trinajstić information content (AvgIpc) is 2.18. The molecule has 1 aliphatic heterocycles. The topological polar surface area (TPSA) is 77.8 Å². The van der Waals surface area contributed by atoms with Crippen LogP contribution < -0.4 is 0 Å². The second-order valence-corrected chi connectivity index (χ2v) is 3.47. The molecule has 5 heteroatoms. The summed E-state index contributed by atoms with van der Waals surface area (Å²) < 4.78 is 0. The van der Waals surface area contributed by atoms with Gasteiger partial charge in [-0.1, -0.05) is 0 Å². The van der Waals surface area contributed by atoms with Crippen molar-refractivity contribution in [1.29, 1.82) is 0 Å². The summed E-state index contributed by atoms with van der Waals surface area (Å²) in [5, 5.41) is 17.3. The molecule has 0 atom stereocenters. The third kappa shape index (κ3) is 2.70. The van der Waals surface area contributed by atoms with Gasteiger partial charge in [0.15, 0.2) is 0 Å². The fourth-order valence-corrected chi connectivity index (χ4v) is 1.63. The van der Waals surface area contributed by atoms with Crippen LogP contribution in [0.25, 0.3) is 0 Å². The summed E-state index contributed by atoms with van der Waals surface area (Å²) in [4.78, 5) is 23.5. The van der Waals surface area contributed by atoms with Crippen molar-refractivity contribution in [2.75, 3.05) is 19.7 Å². The van der Waals surface area contributed by atoms with Crippen molar-refractivity contribution in [2.45, 2.75) is 19.3 Å². The first-order valence-electron chi connectivity index (χ1n) is 4.76. The molecule has 1 saturated heterocycles. The maximum atomic E-state index is 11.3. The minimum Gasteiger partial charge on any atom is -0.481 e. The maximum Gasteiger partial charge on any atom is 0.306 e. The molecule has 0 aromatic carbocycles. The summed E-state index contributed by atoms with van der Waals surface area (Å²) in [6, 6.07) is 0. The Labute approximate surface area is 82.3 Å². The van der Waals surface area contributed by atoms with Gasteiger partial charge in [0.05, 0.1) is 12.5 Å². The molecule has 0 aromatic heterocycles. The largest absolute Gasteiger partial charge is 0.481 e. The van der Waals surface area contributed by atoms with Crippen molar-refractivity contribution in [3.63, 3.8) is 0 Å². The summed E-state index contributed by atoms with van der Waals surface area (Å²) >= 11 is 0. The van der Waals surface area contributed by atoms with Crippen LogP contribution in [0.3, 0.4) is 0 Å². The van der Waals surface area contributed by atoms with Crippen LogP contribution >= 0.6 is 0 Å². The van der Waals surface area contributed by atoms with E-state index in [0.717, 1.165) is 0 Å². The van der Waals surface area contributed by atoms with E-state index in [2.05, 4.69) is 0 Å². The van der Waals surface area contributed by atoms with Crippen molar-refractivity contribution in [2.24, 2.45) is 5.92 Å². The van der Waals surface area contributed by atoms with Gasteiger partial charge in [0.2, 0.25) is 5.91 Å². The molecule has 0 unspecified atom stereocenters. The van der Waals surface area contributed by atoms with Crippen LogP contribution in [-0.4, -0.2) is 46.7 Å². The Morgan fingerprint density at radius 1 is 1.29 bits per heavy atom. The predicted molar refractivity (Wildman–Crippen MR) is 48.6 cm³/mol. The molecular weight excluding hydrogens is 186 g/mol. The molecule has 14 heavy (non-hydrogen) atoms. The first-order valence-corrected chi connectivity index (χ1v) is 4.76. The zero-order chi connectivity index (χ0) is 10.6. The number of piperidine rings is 1. The van der Waals surface area contributed by atoms with E-state index in [1.807, 2.05) is 0 Å². The number of rotatable bonds is 3. The Hall–Kier alpha value is -1.10. The zero-order valence-corrected chi connectivity index (χ0v) is 7.98. The lowest BCUT2D eigenvalue weighted by Crippen LogP contribution is -2.40. The van der Waals surface area contributed by atoms with Crippen LogP contribution in [0.1, 0.15) is 19.3 Å². The van der Waals surface area contributed by atoms with Gasteiger partial charge < -0.3 is 15.1 Å². The third-order valence-corrected chi connectivity index (χ3v) is 2.52. The number of nitrogens with zero attached hydrogens (tertiary/aromatic N) is 1. The number of aliphatic carboxylic acids is 1. The molecule has 0 saturated carbocycles. The number of aliphatic hydroxyl groups is 1. The number of carbonyl (C=O) groups excluding carboxylic acids is 1. The molecule has 0 bridgehead atoms. The number of carboxylic acids is 1. The summed E-state index contributed by atoms with van der Waals surface area (Å²) in [6.45, 7) is 0.850. The third-order valence-electron chi connectivity index (χ3n) is 2.52. The highest BCUT2D eigenvalue weighted by Crippen LogP contribution is 2.17. The van der Waals surface area contributed by atoms with Gasteiger partial charge >= 0.3 is 5.97 Å². The minimum atomic E-state index is -0.778. The molecule has 1 aliphatic rings. The zero-order valence-electron chi connectivity index (χ0n) is 7.98. The van der Waals surface area contributed by atoms with Gasteiger partial charge in [-0.05, 0) is 12.8 Å². The lowest BCUT2D eigenvalue weighted by Gasteiger charge is -2.29. The van der Waals surface area contributed by atoms with Gasteiger partial charge in [0.1, 0.15) is 0 Å². The molecule has 0 aromatic rings. The molecule has 5 nitrogen and oxygen atoms in total. The van der Waals surface area contributed by atoms with E-state index in [0.29, 0.717) is 25.9 Å². The van der Waals surface area contributed by atoms with Crippen molar-refractivity contribution >= 4 is 11.9 Å². The molecule has 1 fully saturated rings. The maximum absolute atomic E-state index is 11.3. The summed E-state index contributed by atoms with van der Waals surface area (Å²) in [7, 11) is 0. The molecular formula is C9H15NO4. The molecule has 0 aliphatic carbocycles. The monoisotopic (exact) mass is 201 g/mol. The molecule has 0 radical (unpaired) electrons. The fourth-order valence-electron chi connectivity index (χ4n) is 1.63. The predicted octanol–water partition coefficient (Wildman–Crippen LogP) is -0.308. The lowest BCUT2D eigenvalue weighted by molar-refractivity contribution is -0.145. The highest BCUT2D eigenvalue weighted by molar-refractivity contribution is 5.77. The SMILES string of the molecule is O=C(O)C1CCN(C(=O)CCO)CC1. The standard InChI is InChI=1S/C9H15NO4/c11-6-3-8(12)10-4-1-7(2-5-10)9(13)14/h7,11H,1-6H2,(H,13,14). The van der Waals surface area contributed by atoms with Gasteiger partial charge in [-0.15, -0.1) is 0 Å². The van der Waals surface area contributed by atoms with Crippen LogP contribution in [-0.2, 0) is 9.59 Å². The highest BCUT2D eigenvalue weighted by atomic mass is 16.4. The van der Waals surface area contributed by atoms with Gasteiger partial charge in [0, 0.05) is 19.5 Å². The van der Waals surface area contributed by atoms with Crippen molar-refractivity contribution in [3.8, 4) is 0 Å². The molecule has 1 amide bonds. The Kier molecular flexibility index (Phi) is 3.88. The van der Waals surface area contributed by atoms with Crippen molar-refractivity contribution < 1.29 is 19.8 Å². The van der Waals surface area contributed by atoms with Gasteiger partial charge in [-0.25, -0.2) is 0 Å². The Bertz CT molecular complexity index is 221. The van der Waals surface area contributed by atoms with Crippen LogP contribution in [0.15, 0.2) is 0 Å². The molecule has 80 valence electrons. The minimum absolute atomic E-state index is 0.0867.